The molecule has 2 rings (SSSR count). The third-order valence-electron chi connectivity index (χ3n) is 4.59. The van der Waals surface area contributed by atoms with Crippen LogP contribution in [0.5, 0.6) is 0 Å². The summed E-state index contributed by atoms with van der Waals surface area (Å²) in [5.41, 5.74) is 0. The lowest BCUT2D eigenvalue weighted by atomic mass is 10.0. The average molecular weight is 328 g/mol. The van der Waals surface area contributed by atoms with Crippen LogP contribution in [0.2, 0.25) is 0 Å². The maximum atomic E-state index is 12.1. The standard InChI is InChI=1S/C16H28N2O3S/c1-2-3-4-7-10-18-15-12(17-16(18)21)11-22-13(15)8-5-6-9-14(19)20/h12-13,15H,2-11H2,1H3,(H,17,21)(H,19,20)/t12-,13-,15-/m0/s1. The van der Waals surface area contributed by atoms with Gasteiger partial charge in [-0.1, -0.05) is 32.6 Å². The Hall–Kier alpha value is -0.910. The van der Waals surface area contributed by atoms with Gasteiger partial charge in [0.15, 0.2) is 0 Å². The summed E-state index contributed by atoms with van der Waals surface area (Å²) >= 11 is 1.94. The Morgan fingerprint density at radius 1 is 1.32 bits per heavy atom. The van der Waals surface area contributed by atoms with E-state index >= 15 is 0 Å². The van der Waals surface area contributed by atoms with E-state index in [1.54, 1.807) is 0 Å². The molecule has 0 spiro atoms. The molecule has 0 unspecified atom stereocenters. The fourth-order valence-electron chi connectivity index (χ4n) is 3.44. The second kappa shape index (κ2) is 8.65. The number of nitrogens with one attached hydrogen (secondary N) is 1. The van der Waals surface area contributed by atoms with Gasteiger partial charge in [-0.05, 0) is 19.3 Å². The minimum absolute atomic E-state index is 0.0994. The summed E-state index contributed by atoms with van der Waals surface area (Å²) in [5.74, 6) is 0.276. The Morgan fingerprint density at radius 3 is 2.86 bits per heavy atom. The van der Waals surface area contributed by atoms with Crippen LogP contribution in [0.3, 0.4) is 0 Å². The van der Waals surface area contributed by atoms with Crippen molar-refractivity contribution in [2.24, 2.45) is 0 Å². The quantitative estimate of drug-likeness (QED) is 0.477. The van der Waals surface area contributed by atoms with E-state index in [2.05, 4.69) is 12.2 Å². The fraction of sp³-hybridized carbons (Fsp3) is 0.875. The molecule has 0 aromatic heterocycles. The first kappa shape index (κ1) is 17.4. The number of amides is 2. The highest BCUT2D eigenvalue weighted by atomic mass is 32.2. The molecular formula is C16H28N2O3S. The molecular weight excluding hydrogens is 300 g/mol. The number of carbonyl (C=O) groups is 2. The van der Waals surface area contributed by atoms with Crippen molar-refractivity contribution in [1.82, 2.24) is 10.2 Å². The second-order valence-electron chi connectivity index (χ2n) is 6.31. The molecule has 3 atom stereocenters. The molecule has 126 valence electrons. The first-order chi connectivity index (χ1) is 10.6. The molecule has 2 heterocycles. The van der Waals surface area contributed by atoms with Gasteiger partial charge in [-0.25, -0.2) is 4.79 Å². The van der Waals surface area contributed by atoms with Gasteiger partial charge in [0.05, 0.1) is 12.1 Å². The van der Waals surface area contributed by atoms with Gasteiger partial charge in [0.1, 0.15) is 0 Å². The molecule has 5 nitrogen and oxygen atoms in total. The van der Waals surface area contributed by atoms with Gasteiger partial charge in [-0.15, -0.1) is 0 Å². The van der Waals surface area contributed by atoms with Crippen LogP contribution < -0.4 is 5.32 Å². The molecule has 0 bridgehead atoms. The Morgan fingerprint density at radius 2 is 2.14 bits per heavy atom. The van der Waals surface area contributed by atoms with Crippen LogP contribution in [0.15, 0.2) is 0 Å². The van der Waals surface area contributed by atoms with Gasteiger partial charge in [0, 0.05) is 24.0 Å². The number of carbonyl (C=O) groups excluding carboxylic acids is 1. The van der Waals surface area contributed by atoms with Crippen molar-refractivity contribution in [1.29, 1.82) is 0 Å². The SMILES string of the molecule is CCCCCCN1C(=O)N[C@H]2CS[C@@H](CCCCC(=O)O)[C@H]21. The number of hydrogen-bond donors (Lipinski definition) is 2. The van der Waals surface area contributed by atoms with Crippen LogP contribution in [0.4, 0.5) is 4.79 Å². The van der Waals surface area contributed by atoms with E-state index in [1.807, 2.05) is 16.7 Å². The predicted octanol–water partition coefficient (Wildman–Crippen LogP) is 3.09. The molecule has 2 N–H and O–H groups in total. The number of rotatable bonds is 10. The van der Waals surface area contributed by atoms with Crippen LogP contribution in [0, 0.1) is 0 Å². The summed E-state index contributed by atoms with van der Waals surface area (Å²) in [6.07, 6.45) is 7.65. The molecule has 2 aliphatic heterocycles. The van der Waals surface area contributed by atoms with Gasteiger partial charge in [-0.3, -0.25) is 4.79 Å². The minimum atomic E-state index is -0.716. The van der Waals surface area contributed by atoms with Crippen LogP contribution in [0.25, 0.3) is 0 Å². The van der Waals surface area contributed by atoms with Crippen LogP contribution in [-0.2, 0) is 4.79 Å². The number of aliphatic carboxylic acids is 1. The highest BCUT2D eigenvalue weighted by molar-refractivity contribution is 8.00. The zero-order valence-electron chi connectivity index (χ0n) is 13.4. The van der Waals surface area contributed by atoms with Gasteiger partial charge in [0.25, 0.3) is 0 Å². The zero-order chi connectivity index (χ0) is 15.9. The van der Waals surface area contributed by atoms with Crippen molar-refractivity contribution in [3.8, 4) is 0 Å². The molecule has 2 amide bonds. The first-order valence-electron chi connectivity index (χ1n) is 8.54. The van der Waals surface area contributed by atoms with Crippen LogP contribution in [-0.4, -0.2) is 51.6 Å². The van der Waals surface area contributed by atoms with E-state index < -0.39 is 5.97 Å². The summed E-state index contributed by atoms with van der Waals surface area (Å²) in [5, 5.41) is 12.3. The third kappa shape index (κ3) is 4.54. The minimum Gasteiger partial charge on any atom is -0.481 e. The molecule has 2 aliphatic rings. The zero-order valence-corrected chi connectivity index (χ0v) is 14.2. The largest absolute Gasteiger partial charge is 0.481 e. The van der Waals surface area contributed by atoms with Gasteiger partial charge < -0.3 is 15.3 Å². The second-order valence-corrected chi connectivity index (χ2v) is 7.58. The van der Waals surface area contributed by atoms with E-state index in [-0.39, 0.29) is 18.5 Å². The number of thioether (sulfide) groups is 1. The van der Waals surface area contributed by atoms with E-state index in [0.717, 1.165) is 38.0 Å². The average Bonchev–Trinajstić information content (AvgIpc) is 2.99. The maximum absolute atomic E-state index is 12.1. The molecule has 2 fully saturated rings. The number of nitrogens with zero attached hydrogens (tertiary/aromatic N) is 1. The van der Waals surface area contributed by atoms with Gasteiger partial charge in [-0.2, -0.15) is 11.8 Å². The Balaban J connectivity index is 1.80. The number of unbranched alkanes of at least 4 members (excludes halogenated alkanes) is 4. The van der Waals surface area contributed by atoms with Gasteiger partial charge >= 0.3 is 12.0 Å². The number of urea groups is 1. The van der Waals surface area contributed by atoms with Crippen molar-refractivity contribution >= 4 is 23.8 Å². The Bertz CT molecular complexity index is 392. The highest BCUT2D eigenvalue weighted by Crippen LogP contribution is 2.37. The maximum Gasteiger partial charge on any atom is 0.318 e. The third-order valence-corrected chi connectivity index (χ3v) is 6.09. The summed E-state index contributed by atoms with van der Waals surface area (Å²) in [4.78, 5) is 24.8. The summed E-state index contributed by atoms with van der Waals surface area (Å²) in [6.45, 7) is 3.05. The van der Waals surface area contributed by atoms with Crippen LogP contribution in [0.1, 0.15) is 58.3 Å². The van der Waals surface area contributed by atoms with E-state index in [1.165, 1.54) is 19.3 Å². The van der Waals surface area contributed by atoms with E-state index in [0.29, 0.717) is 11.3 Å². The molecule has 0 aliphatic carbocycles. The lowest BCUT2D eigenvalue weighted by molar-refractivity contribution is -0.137. The molecule has 6 heteroatoms. The first-order valence-corrected chi connectivity index (χ1v) is 9.59. The molecule has 0 saturated carbocycles. The summed E-state index contributed by atoms with van der Waals surface area (Å²) in [7, 11) is 0. The lowest BCUT2D eigenvalue weighted by Crippen LogP contribution is -2.41. The molecule has 0 aromatic rings. The fourth-order valence-corrected chi connectivity index (χ4v) is 5.04. The topological polar surface area (TPSA) is 69.6 Å². The molecule has 0 aromatic carbocycles. The lowest BCUT2D eigenvalue weighted by Gasteiger charge is -2.27. The van der Waals surface area contributed by atoms with Crippen molar-refractivity contribution in [2.45, 2.75) is 75.6 Å². The number of hydrogen-bond acceptors (Lipinski definition) is 3. The smallest absolute Gasteiger partial charge is 0.318 e. The molecule has 2 saturated heterocycles. The van der Waals surface area contributed by atoms with Crippen molar-refractivity contribution in [3.05, 3.63) is 0 Å². The summed E-state index contributed by atoms with van der Waals surface area (Å²) < 4.78 is 0. The monoisotopic (exact) mass is 328 g/mol. The molecule has 22 heavy (non-hydrogen) atoms. The normalized spacial score (nSPS) is 27.0. The van der Waals surface area contributed by atoms with Crippen molar-refractivity contribution in [3.63, 3.8) is 0 Å². The van der Waals surface area contributed by atoms with Gasteiger partial charge in [0.2, 0.25) is 0 Å². The Kier molecular flexibility index (Phi) is 6.86. The van der Waals surface area contributed by atoms with Crippen molar-refractivity contribution in [2.75, 3.05) is 12.3 Å². The summed E-state index contributed by atoms with van der Waals surface area (Å²) in [6, 6.07) is 0.694. The predicted molar refractivity (Wildman–Crippen MR) is 89.3 cm³/mol. The highest BCUT2D eigenvalue weighted by Gasteiger charge is 2.47. The molecule has 0 radical (unpaired) electrons. The number of carboxylic acids is 1. The van der Waals surface area contributed by atoms with Crippen molar-refractivity contribution < 1.29 is 14.7 Å². The van der Waals surface area contributed by atoms with E-state index in [9.17, 15) is 9.59 Å². The number of fused-ring (bicyclic) bond motifs is 1. The number of carboxylic acid groups (broad SMARTS) is 1. The van der Waals surface area contributed by atoms with E-state index in [4.69, 9.17) is 5.11 Å². The Labute approximate surface area is 137 Å². The van der Waals surface area contributed by atoms with Crippen LogP contribution >= 0.6 is 11.8 Å².